The summed E-state index contributed by atoms with van der Waals surface area (Å²) >= 11 is 0. The molecule has 0 aliphatic heterocycles. The topological polar surface area (TPSA) is 30.7 Å². The van der Waals surface area contributed by atoms with E-state index in [9.17, 15) is 0 Å². The van der Waals surface area contributed by atoms with Gasteiger partial charge in [-0.15, -0.1) is 5.10 Å². The zero-order valence-corrected chi connectivity index (χ0v) is 11.5. The standard InChI is InChI=1S/C14H25N3/c1-4-14(2)10-8-6-5-7-9-13-12(11-14)15-16-17(13)3/h4-11H2,1-3H3/t14-/m0/s1. The van der Waals surface area contributed by atoms with Crippen LogP contribution in [0.25, 0.3) is 0 Å². The Kier molecular flexibility index (Phi) is 3.85. The molecule has 0 amide bonds. The number of aryl methyl sites for hydroxylation is 1. The van der Waals surface area contributed by atoms with Gasteiger partial charge in [0.1, 0.15) is 0 Å². The monoisotopic (exact) mass is 235 g/mol. The minimum atomic E-state index is 0.419. The molecule has 0 saturated heterocycles. The van der Waals surface area contributed by atoms with Crippen LogP contribution in [-0.4, -0.2) is 15.0 Å². The van der Waals surface area contributed by atoms with Gasteiger partial charge in [-0.05, 0) is 31.1 Å². The second kappa shape index (κ2) is 5.19. The molecule has 0 radical (unpaired) electrons. The molecule has 1 aliphatic carbocycles. The molecule has 2 rings (SSSR count). The van der Waals surface area contributed by atoms with Gasteiger partial charge in [-0.1, -0.05) is 44.7 Å². The first-order valence-electron chi connectivity index (χ1n) is 7.02. The number of rotatable bonds is 1. The Morgan fingerprint density at radius 2 is 2.00 bits per heavy atom. The molecule has 96 valence electrons. The first kappa shape index (κ1) is 12.6. The third-order valence-electron chi connectivity index (χ3n) is 4.42. The molecule has 0 bridgehead atoms. The molecule has 17 heavy (non-hydrogen) atoms. The smallest absolute Gasteiger partial charge is 0.0864 e. The zero-order chi connectivity index (χ0) is 12.3. The average Bonchev–Trinajstić information content (AvgIpc) is 2.66. The van der Waals surface area contributed by atoms with Gasteiger partial charge >= 0.3 is 0 Å². The van der Waals surface area contributed by atoms with E-state index in [1.807, 2.05) is 11.7 Å². The van der Waals surface area contributed by atoms with Gasteiger partial charge < -0.3 is 0 Å². The van der Waals surface area contributed by atoms with E-state index in [0.29, 0.717) is 5.41 Å². The summed E-state index contributed by atoms with van der Waals surface area (Å²) in [6, 6.07) is 0. The van der Waals surface area contributed by atoms with E-state index in [1.165, 1.54) is 49.9 Å². The highest BCUT2D eigenvalue weighted by atomic mass is 15.4. The summed E-state index contributed by atoms with van der Waals surface area (Å²) in [6.07, 6.45) is 10.2. The SMILES string of the molecule is CC[C@@]1(C)CCCCCCc2c(nnn2C)C1. The summed E-state index contributed by atoms with van der Waals surface area (Å²) in [4.78, 5) is 0. The Bertz CT molecular complexity index is 370. The van der Waals surface area contributed by atoms with Crippen LogP contribution >= 0.6 is 0 Å². The summed E-state index contributed by atoms with van der Waals surface area (Å²) in [7, 11) is 2.03. The molecular weight excluding hydrogens is 210 g/mol. The van der Waals surface area contributed by atoms with Crippen LogP contribution in [0.2, 0.25) is 0 Å². The maximum absolute atomic E-state index is 4.39. The summed E-state index contributed by atoms with van der Waals surface area (Å²) < 4.78 is 1.98. The molecule has 0 N–H and O–H groups in total. The minimum Gasteiger partial charge on any atom is -0.252 e. The summed E-state index contributed by atoms with van der Waals surface area (Å²) in [5, 5.41) is 8.60. The quantitative estimate of drug-likeness (QED) is 0.748. The van der Waals surface area contributed by atoms with Crippen LogP contribution in [0.15, 0.2) is 0 Å². The van der Waals surface area contributed by atoms with Crippen LogP contribution in [0.5, 0.6) is 0 Å². The number of hydrogen-bond acceptors (Lipinski definition) is 2. The molecule has 1 aromatic heterocycles. The van der Waals surface area contributed by atoms with Crippen molar-refractivity contribution < 1.29 is 0 Å². The predicted molar refractivity (Wildman–Crippen MR) is 69.9 cm³/mol. The molecule has 0 fully saturated rings. The summed E-state index contributed by atoms with van der Waals surface area (Å²) in [6.45, 7) is 4.72. The zero-order valence-electron chi connectivity index (χ0n) is 11.5. The maximum atomic E-state index is 4.39. The Morgan fingerprint density at radius 1 is 1.24 bits per heavy atom. The second-order valence-corrected chi connectivity index (χ2v) is 5.86. The van der Waals surface area contributed by atoms with Crippen molar-refractivity contribution in [3.63, 3.8) is 0 Å². The molecule has 3 nitrogen and oxygen atoms in total. The average molecular weight is 235 g/mol. The molecule has 1 aliphatic rings. The van der Waals surface area contributed by atoms with E-state index in [1.54, 1.807) is 0 Å². The molecule has 0 aromatic carbocycles. The van der Waals surface area contributed by atoms with Crippen molar-refractivity contribution in [2.24, 2.45) is 12.5 Å². The molecule has 3 heteroatoms. The number of hydrogen-bond donors (Lipinski definition) is 0. The molecule has 0 saturated carbocycles. The number of aromatic nitrogens is 3. The Morgan fingerprint density at radius 3 is 2.76 bits per heavy atom. The fourth-order valence-electron chi connectivity index (χ4n) is 2.86. The van der Waals surface area contributed by atoms with Crippen molar-refractivity contribution >= 4 is 0 Å². The van der Waals surface area contributed by atoms with Crippen LogP contribution in [0.1, 0.15) is 63.8 Å². The van der Waals surface area contributed by atoms with Crippen molar-refractivity contribution in [3.05, 3.63) is 11.4 Å². The fourth-order valence-corrected chi connectivity index (χ4v) is 2.86. The van der Waals surface area contributed by atoms with Gasteiger partial charge in [-0.2, -0.15) is 0 Å². The lowest BCUT2D eigenvalue weighted by Crippen LogP contribution is -2.20. The van der Waals surface area contributed by atoms with Gasteiger partial charge in [0, 0.05) is 7.05 Å². The van der Waals surface area contributed by atoms with Gasteiger partial charge in [0.25, 0.3) is 0 Å². The van der Waals surface area contributed by atoms with Crippen molar-refractivity contribution in [3.8, 4) is 0 Å². The van der Waals surface area contributed by atoms with E-state index >= 15 is 0 Å². The van der Waals surface area contributed by atoms with Crippen molar-refractivity contribution in [2.75, 3.05) is 0 Å². The lowest BCUT2D eigenvalue weighted by Gasteiger charge is -2.28. The van der Waals surface area contributed by atoms with E-state index in [-0.39, 0.29) is 0 Å². The molecule has 0 spiro atoms. The van der Waals surface area contributed by atoms with Gasteiger partial charge in [-0.25, -0.2) is 0 Å². The van der Waals surface area contributed by atoms with Gasteiger partial charge in [0.05, 0.1) is 11.4 Å². The van der Waals surface area contributed by atoms with Gasteiger partial charge in [0.15, 0.2) is 0 Å². The lowest BCUT2D eigenvalue weighted by atomic mass is 9.77. The van der Waals surface area contributed by atoms with Crippen molar-refractivity contribution in [1.82, 2.24) is 15.0 Å². The first-order chi connectivity index (χ1) is 8.14. The van der Waals surface area contributed by atoms with Crippen molar-refractivity contribution in [2.45, 2.75) is 65.2 Å². The predicted octanol–water partition coefficient (Wildman–Crippen LogP) is 3.28. The van der Waals surface area contributed by atoms with Crippen LogP contribution < -0.4 is 0 Å². The van der Waals surface area contributed by atoms with Gasteiger partial charge in [0.2, 0.25) is 0 Å². The van der Waals surface area contributed by atoms with E-state index in [2.05, 4.69) is 24.2 Å². The largest absolute Gasteiger partial charge is 0.252 e. The molecular formula is C14H25N3. The molecule has 1 aromatic rings. The maximum Gasteiger partial charge on any atom is 0.0864 e. The number of nitrogens with zero attached hydrogens (tertiary/aromatic N) is 3. The lowest BCUT2D eigenvalue weighted by molar-refractivity contribution is 0.265. The Balaban J connectivity index is 2.25. The van der Waals surface area contributed by atoms with Gasteiger partial charge in [-0.3, -0.25) is 4.68 Å². The first-order valence-corrected chi connectivity index (χ1v) is 7.02. The highest BCUT2D eigenvalue weighted by Crippen LogP contribution is 2.34. The normalized spacial score (nSPS) is 26.5. The Labute approximate surface area is 105 Å². The fraction of sp³-hybridized carbons (Fsp3) is 0.857. The van der Waals surface area contributed by atoms with Crippen LogP contribution in [0.4, 0.5) is 0 Å². The minimum absolute atomic E-state index is 0.419. The highest BCUT2D eigenvalue weighted by molar-refractivity contribution is 5.12. The molecule has 1 heterocycles. The summed E-state index contributed by atoms with van der Waals surface area (Å²) in [5.74, 6) is 0. The van der Waals surface area contributed by atoms with E-state index in [4.69, 9.17) is 0 Å². The second-order valence-electron chi connectivity index (χ2n) is 5.86. The van der Waals surface area contributed by atoms with Crippen molar-refractivity contribution in [1.29, 1.82) is 0 Å². The molecule has 0 unspecified atom stereocenters. The third-order valence-corrected chi connectivity index (χ3v) is 4.42. The molecule has 1 atom stereocenters. The highest BCUT2D eigenvalue weighted by Gasteiger charge is 2.26. The third kappa shape index (κ3) is 2.88. The van der Waals surface area contributed by atoms with E-state index < -0.39 is 0 Å². The van der Waals surface area contributed by atoms with E-state index in [0.717, 1.165) is 12.8 Å². The van der Waals surface area contributed by atoms with Crippen LogP contribution in [0.3, 0.4) is 0 Å². The number of fused-ring (bicyclic) bond motifs is 1. The van der Waals surface area contributed by atoms with Crippen LogP contribution in [0, 0.1) is 5.41 Å². The summed E-state index contributed by atoms with van der Waals surface area (Å²) in [5.41, 5.74) is 3.03. The Hall–Kier alpha value is -0.860. The van der Waals surface area contributed by atoms with Crippen LogP contribution in [-0.2, 0) is 19.9 Å².